The zero-order chi connectivity index (χ0) is 11.0. The van der Waals surface area contributed by atoms with Gasteiger partial charge >= 0.3 is 0 Å². The summed E-state index contributed by atoms with van der Waals surface area (Å²) in [5.74, 6) is 0. The SMILES string of the molecule is Cc1nn(C)c2ncc(CCN)c(Cl)c12. The molecule has 0 saturated heterocycles. The second kappa shape index (κ2) is 3.79. The van der Waals surface area contributed by atoms with E-state index >= 15 is 0 Å². The topological polar surface area (TPSA) is 56.7 Å². The average Bonchev–Trinajstić information content (AvgIpc) is 2.47. The molecule has 2 aromatic heterocycles. The van der Waals surface area contributed by atoms with Gasteiger partial charge < -0.3 is 5.73 Å². The predicted molar refractivity (Wildman–Crippen MR) is 61.0 cm³/mol. The molecule has 0 aliphatic carbocycles. The zero-order valence-electron chi connectivity index (χ0n) is 8.79. The van der Waals surface area contributed by atoms with Crippen LogP contribution in [0.15, 0.2) is 6.20 Å². The van der Waals surface area contributed by atoms with Gasteiger partial charge in [0.1, 0.15) is 0 Å². The lowest BCUT2D eigenvalue weighted by atomic mass is 10.1. The van der Waals surface area contributed by atoms with Crippen LogP contribution in [0.1, 0.15) is 11.3 Å². The van der Waals surface area contributed by atoms with Gasteiger partial charge in [0.05, 0.1) is 16.1 Å². The lowest BCUT2D eigenvalue weighted by Crippen LogP contribution is -2.04. The minimum Gasteiger partial charge on any atom is -0.330 e. The third kappa shape index (κ3) is 1.60. The van der Waals surface area contributed by atoms with E-state index in [0.717, 1.165) is 33.7 Å². The van der Waals surface area contributed by atoms with E-state index in [4.69, 9.17) is 17.3 Å². The Bertz CT molecular complexity index is 504. The Balaban J connectivity index is 2.72. The Morgan fingerprint density at radius 2 is 2.27 bits per heavy atom. The molecule has 4 nitrogen and oxygen atoms in total. The van der Waals surface area contributed by atoms with Crippen LogP contribution in [0.25, 0.3) is 11.0 Å². The van der Waals surface area contributed by atoms with Crippen molar-refractivity contribution in [2.75, 3.05) is 6.54 Å². The summed E-state index contributed by atoms with van der Waals surface area (Å²) in [6, 6.07) is 0. The Kier molecular flexibility index (Phi) is 2.63. The van der Waals surface area contributed by atoms with Crippen LogP contribution in [0.3, 0.4) is 0 Å². The van der Waals surface area contributed by atoms with Gasteiger partial charge in [-0.3, -0.25) is 4.68 Å². The number of hydrogen-bond acceptors (Lipinski definition) is 3. The van der Waals surface area contributed by atoms with E-state index < -0.39 is 0 Å². The van der Waals surface area contributed by atoms with Gasteiger partial charge in [-0.1, -0.05) is 11.6 Å². The average molecular weight is 225 g/mol. The highest BCUT2D eigenvalue weighted by Crippen LogP contribution is 2.27. The molecular weight excluding hydrogens is 212 g/mol. The van der Waals surface area contributed by atoms with Crippen molar-refractivity contribution in [1.82, 2.24) is 14.8 Å². The number of nitrogens with zero attached hydrogens (tertiary/aromatic N) is 3. The van der Waals surface area contributed by atoms with Gasteiger partial charge in [0.25, 0.3) is 0 Å². The van der Waals surface area contributed by atoms with E-state index in [1.54, 1.807) is 10.9 Å². The molecule has 0 amide bonds. The molecule has 0 bridgehead atoms. The molecule has 0 fully saturated rings. The van der Waals surface area contributed by atoms with Crippen molar-refractivity contribution in [2.45, 2.75) is 13.3 Å². The third-order valence-corrected chi connectivity index (χ3v) is 2.88. The molecule has 2 aromatic rings. The first kappa shape index (κ1) is 10.4. The molecule has 0 aromatic carbocycles. The number of nitrogens with two attached hydrogens (primary N) is 1. The summed E-state index contributed by atoms with van der Waals surface area (Å²) in [5, 5.41) is 5.96. The van der Waals surface area contributed by atoms with E-state index in [1.807, 2.05) is 14.0 Å². The van der Waals surface area contributed by atoms with Crippen molar-refractivity contribution in [3.63, 3.8) is 0 Å². The molecular formula is C10H13ClN4. The quantitative estimate of drug-likeness (QED) is 0.840. The van der Waals surface area contributed by atoms with Crippen LogP contribution >= 0.6 is 11.6 Å². The van der Waals surface area contributed by atoms with Gasteiger partial charge in [0, 0.05) is 13.2 Å². The Hall–Kier alpha value is -1.13. The summed E-state index contributed by atoms with van der Waals surface area (Å²) in [6.45, 7) is 2.51. The minimum atomic E-state index is 0.576. The standard InChI is InChI=1S/C10H13ClN4/c1-6-8-9(11)7(3-4-12)5-13-10(8)15(2)14-6/h5H,3-4,12H2,1-2H3. The molecule has 2 heterocycles. The number of halogens is 1. The molecule has 0 aliphatic heterocycles. The minimum absolute atomic E-state index is 0.576. The summed E-state index contributed by atoms with van der Waals surface area (Å²) in [4.78, 5) is 4.34. The summed E-state index contributed by atoms with van der Waals surface area (Å²) >= 11 is 6.29. The number of fused-ring (bicyclic) bond motifs is 1. The maximum Gasteiger partial charge on any atom is 0.159 e. The lowest BCUT2D eigenvalue weighted by Gasteiger charge is -2.03. The van der Waals surface area contributed by atoms with Crippen LogP contribution < -0.4 is 5.73 Å². The van der Waals surface area contributed by atoms with Crippen LogP contribution in [0, 0.1) is 6.92 Å². The van der Waals surface area contributed by atoms with Crippen LogP contribution in [0.4, 0.5) is 0 Å². The van der Waals surface area contributed by atoms with Crippen LogP contribution in [-0.4, -0.2) is 21.3 Å². The van der Waals surface area contributed by atoms with Crippen molar-refractivity contribution >= 4 is 22.6 Å². The maximum absolute atomic E-state index is 6.29. The Morgan fingerprint density at radius 3 is 2.93 bits per heavy atom. The Morgan fingerprint density at radius 1 is 1.53 bits per heavy atom. The first-order valence-corrected chi connectivity index (χ1v) is 5.19. The van der Waals surface area contributed by atoms with Crippen LogP contribution in [0.2, 0.25) is 5.02 Å². The third-order valence-electron chi connectivity index (χ3n) is 2.45. The number of aryl methyl sites for hydroxylation is 2. The van der Waals surface area contributed by atoms with E-state index in [9.17, 15) is 0 Å². The van der Waals surface area contributed by atoms with Crippen molar-refractivity contribution < 1.29 is 0 Å². The lowest BCUT2D eigenvalue weighted by molar-refractivity contribution is 0.773. The first-order chi connectivity index (χ1) is 7.15. The molecule has 80 valence electrons. The van der Waals surface area contributed by atoms with Gasteiger partial charge in [-0.2, -0.15) is 5.10 Å². The highest BCUT2D eigenvalue weighted by molar-refractivity contribution is 6.36. The molecule has 0 aliphatic rings. The van der Waals surface area contributed by atoms with Gasteiger partial charge in [-0.05, 0) is 25.5 Å². The van der Waals surface area contributed by atoms with E-state index in [-0.39, 0.29) is 0 Å². The smallest absolute Gasteiger partial charge is 0.159 e. The fraction of sp³-hybridized carbons (Fsp3) is 0.400. The number of pyridine rings is 1. The molecule has 0 saturated carbocycles. The second-order valence-electron chi connectivity index (χ2n) is 3.54. The summed E-state index contributed by atoms with van der Waals surface area (Å²) in [7, 11) is 1.86. The van der Waals surface area contributed by atoms with Crippen molar-refractivity contribution in [1.29, 1.82) is 0 Å². The maximum atomic E-state index is 6.29. The number of rotatable bonds is 2. The van der Waals surface area contributed by atoms with Gasteiger partial charge in [-0.25, -0.2) is 4.98 Å². The first-order valence-electron chi connectivity index (χ1n) is 4.82. The summed E-state index contributed by atoms with van der Waals surface area (Å²) in [5.41, 5.74) is 8.22. The molecule has 2 N–H and O–H groups in total. The van der Waals surface area contributed by atoms with Gasteiger partial charge in [-0.15, -0.1) is 0 Å². The summed E-state index contributed by atoms with van der Waals surface area (Å²) in [6.07, 6.45) is 2.52. The summed E-state index contributed by atoms with van der Waals surface area (Å²) < 4.78 is 1.74. The molecule has 15 heavy (non-hydrogen) atoms. The fourth-order valence-electron chi connectivity index (χ4n) is 1.74. The second-order valence-corrected chi connectivity index (χ2v) is 3.92. The number of aromatic nitrogens is 3. The predicted octanol–water partition coefficient (Wildman–Crippen LogP) is 1.43. The monoisotopic (exact) mass is 224 g/mol. The van der Waals surface area contributed by atoms with Crippen molar-refractivity contribution in [2.24, 2.45) is 12.8 Å². The van der Waals surface area contributed by atoms with E-state index in [1.165, 1.54) is 0 Å². The molecule has 0 radical (unpaired) electrons. The highest BCUT2D eigenvalue weighted by Gasteiger charge is 2.12. The molecule has 2 rings (SSSR count). The highest BCUT2D eigenvalue weighted by atomic mass is 35.5. The van der Waals surface area contributed by atoms with Crippen LogP contribution in [-0.2, 0) is 13.5 Å². The normalized spacial score (nSPS) is 11.2. The van der Waals surface area contributed by atoms with Gasteiger partial charge in [0.2, 0.25) is 0 Å². The Labute approximate surface area is 93.0 Å². The molecule has 5 heteroatoms. The largest absolute Gasteiger partial charge is 0.330 e. The molecule has 0 unspecified atom stereocenters. The zero-order valence-corrected chi connectivity index (χ0v) is 9.54. The van der Waals surface area contributed by atoms with Crippen molar-refractivity contribution in [3.8, 4) is 0 Å². The molecule has 0 spiro atoms. The number of hydrogen-bond donors (Lipinski definition) is 1. The van der Waals surface area contributed by atoms with E-state index in [2.05, 4.69) is 10.1 Å². The van der Waals surface area contributed by atoms with Gasteiger partial charge in [0.15, 0.2) is 5.65 Å². The van der Waals surface area contributed by atoms with Crippen molar-refractivity contribution in [3.05, 3.63) is 22.5 Å². The van der Waals surface area contributed by atoms with Crippen LogP contribution in [0.5, 0.6) is 0 Å². The van der Waals surface area contributed by atoms with E-state index in [0.29, 0.717) is 6.54 Å². The molecule has 0 atom stereocenters. The fourth-order valence-corrected chi connectivity index (χ4v) is 2.10.